The molecule has 5 rings (SSSR count). The zero-order valence-corrected chi connectivity index (χ0v) is 18.0. The molecule has 1 amide bonds. The fourth-order valence-corrected chi connectivity index (χ4v) is 3.69. The summed E-state index contributed by atoms with van der Waals surface area (Å²) in [6, 6.07) is 17.1. The summed E-state index contributed by atoms with van der Waals surface area (Å²) < 4.78 is 7.72. The molecule has 7 heteroatoms. The molecule has 7 nitrogen and oxygen atoms in total. The third kappa shape index (κ3) is 3.54. The summed E-state index contributed by atoms with van der Waals surface area (Å²) in [5.41, 5.74) is 5.41. The maximum Gasteiger partial charge on any atom is 0.256 e. The molecule has 0 unspecified atom stereocenters. The van der Waals surface area contributed by atoms with Gasteiger partial charge in [0.2, 0.25) is 5.89 Å². The number of hydrogen-bond acceptors (Lipinski definition) is 5. The van der Waals surface area contributed by atoms with Crippen molar-refractivity contribution in [3.05, 3.63) is 83.8 Å². The number of carbonyl (C=O) groups excluding carboxylic acids is 1. The maximum absolute atomic E-state index is 13.1. The largest absolute Gasteiger partial charge is 0.436 e. The Morgan fingerprint density at radius 3 is 2.59 bits per heavy atom. The number of nitrogens with one attached hydrogen (secondary N) is 1. The third-order valence-electron chi connectivity index (χ3n) is 5.36. The molecular formula is C25H21N5O2. The summed E-state index contributed by atoms with van der Waals surface area (Å²) in [7, 11) is 1.85. The normalized spacial score (nSPS) is 11.1. The minimum atomic E-state index is -0.265. The Hall–Kier alpha value is -4.26. The van der Waals surface area contributed by atoms with E-state index in [2.05, 4.69) is 20.4 Å². The number of anilines is 1. The molecule has 0 aliphatic carbocycles. The van der Waals surface area contributed by atoms with Gasteiger partial charge in [0, 0.05) is 23.6 Å². The Morgan fingerprint density at radius 1 is 1.00 bits per heavy atom. The summed E-state index contributed by atoms with van der Waals surface area (Å²) in [6.07, 6.45) is 3.31. The predicted octanol–water partition coefficient (Wildman–Crippen LogP) is 5.16. The lowest BCUT2D eigenvalue weighted by Gasteiger charge is -2.08. The van der Waals surface area contributed by atoms with E-state index >= 15 is 0 Å². The number of aromatic nitrogens is 4. The van der Waals surface area contributed by atoms with Crippen LogP contribution in [-0.2, 0) is 7.05 Å². The van der Waals surface area contributed by atoms with Gasteiger partial charge < -0.3 is 9.73 Å². The van der Waals surface area contributed by atoms with E-state index in [0.29, 0.717) is 28.5 Å². The fraction of sp³-hybridized carbons (Fsp3) is 0.120. The lowest BCUT2D eigenvalue weighted by Crippen LogP contribution is -2.13. The van der Waals surface area contributed by atoms with E-state index in [9.17, 15) is 4.79 Å². The Balaban J connectivity index is 1.45. The van der Waals surface area contributed by atoms with Crippen LogP contribution < -0.4 is 5.32 Å². The van der Waals surface area contributed by atoms with Crippen molar-refractivity contribution in [1.29, 1.82) is 0 Å². The SMILES string of the molecule is Cc1ccc(-c2cnc(-c3ccccc3C(=O)Nc3cnc4c(c3)c(C)nn4C)o2)cc1. The van der Waals surface area contributed by atoms with Crippen molar-refractivity contribution >= 4 is 22.6 Å². The molecule has 32 heavy (non-hydrogen) atoms. The molecule has 3 heterocycles. The number of aryl methyl sites for hydroxylation is 3. The quantitative estimate of drug-likeness (QED) is 0.432. The molecule has 1 N–H and O–H groups in total. The van der Waals surface area contributed by atoms with Gasteiger partial charge in [0.05, 0.1) is 29.3 Å². The first-order valence-electron chi connectivity index (χ1n) is 10.2. The molecule has 0 aliphatic rings. The van der Waals surface area contributed by atoms with Gasteiger partial charge in [0.1, 0.15) is 0 Å². The van der Waals surface area contributed by atoms with Crippen LogP contribution >= 0.6 is 0 Å². The highest BCUT2D eigenvalue weighted by molar-refractivity contribution is 6.08. The average Bonchev–Trinajstić information content (AvgIpc) is 3.39. The molecule has 5 aromatic rings. The highest BCUT2D eigenvalue weighted by Gasteiger charge is 2.18. The Labute approximate surface area is 184 Å². The predicted molar refractivity (Wildman–Crippen MR) is 123 cm³/mol. The summed E-state index contributed by atoms with van der Waals surface area (Å²) >= 11 is 0. The Bertz CT molecular complexity index is 1450. The topological polar surface area (TPSA) is 85.8 Å². The van der Waals surface area contributed by atoms with Crippen LogP contribution in [0.4, 0.5) is 5.69 Å². The molecule has 3 aromatic heterocycles. The molecule has 0 aliphatic heterocycles. The second-order valence-corrected chi connectivity index (χ2v) is 7.70. The molecule has 0 saturated heterocycles. The summed E-state index contributed by atoms with van der Waals surface area (Å²) in [5.74, 6) is 0.776. The number of amides is 1. The van der Waals surface area contributed by atoms with Gasteiger partial charge >= 0.3 is 0 Å². The van der Waals surface area contributed by atoms with E-state index < -0.39 is 0 Å². The number of benzene rings is 2. The number of carbonyl (C=O) groups is 1. The molecule has 0 spiro atoms. The first kappa shape index (κ1) is 19.7. The zero-order valence-electron chi connectivity index (χ0n) is 18.0. The van der Waals surface area contributed by atoms with Gasteiger partial charge in [-0.3, -0.25) is 9.48 Å². The van der Waals surface area contributed by atoms with Crippen LogP contribution in [0.5, 0.6) is 0 Å². The van der Waals surface area contributed by atoms with Crippen LogP contribution in [0.1, 0.15) is 21.6 Å². The summed E-state index contributed by atoms with van der Waals surface area (Å²) in [6.45, 7) is 3.95. The molecular weight excluding hydrogens is 402 g/mol. The van der Waals surface area contributed by atoms with E-state index in [1.54, 1.807) is 23.1 Å². The third-order valence-corrected chi connectivity index (χ3v) is 5.36. The first-order chi connectivity index (χ1) is 15.5. The second-order valence-electron chi connectivity index (χ2n) is 7.70. The van der Waals surface area contributed by atoms with Gasteiger partial charge in [-0.05, 0) is 32.0 Å². The van der Waals surface area contributed by atoms with Crippen LogP contribution in [0.2, 0.25) is 0 Å². The van der Waals surface area contributed by atoms with Crippen LogP contribution in [-0.4, -0.2) is 25.7 Å². The minimum absolute atomic E-state index is 0.265. The molecule has 0 saturated carbocycles. The van der Waals surface area contributed by atoms with Crippen LogP contribution in [0.15, 0.2) is 71.4 Å². The zero-order chi connectivity index (χ0) is 22.2. The molecule has 0 atom stereocenters. The number of fused-ring (bicyclic) bond motifs is 1. The molecule has 0 radical (unpaired) electrons. The number of oxazole rings is 1. The highest BCUT2D eigenvalue weighted by Crippen LogP contribution is 2.29. The van der Waals surface area contributed by atoms with Crippen LogP contribution in [0.25, 0.3) is 33.8 Å². The van der Waals surface area contributed by atoms with Gasteiger partial charge in [0.25, 0.3) is 5.91 Å². The van der Waals surface area contributed by atoms with Crippen molar-refractivity contribution in [2.45, 2.75) is 13.8 Å². The first-order valence-corrected chi connectivity index (χ1v) is 10.2. The van der Waals surface area contributed by atoms with E-state index in [4.69, 9.17) is 4.42 Å². The molecule has 0 bridgehead atoms. The Kier molecular flexibility index (Phi) is 4.78. The average molecular weight is 423 g/mol. The smallest absolute Gasteiger partial charge is 0.256 e. The monoisotopic (exact) mass is 423 g/mol. The number of nitrogens with zero attached hydrogens (tertiary/aromatic N) is 4. The highest BCUT2D eigenvalue weighted by atomic mass is 16.4. The fourth-order valence-electron chi connectivity index (χ4n) is 3.69. The summed E-state index contributed by atoms with van der Waals surface area (Å²) in [5, 5.41) is 8.21. The lowest BCUT2D eigenvalue weighted by atomic mass is 10.1. The van der Waals surface area contributed by atoms with E-state index in [0.717, 1.165) is 22.3 Å². The van der Waals surface area contributed by atoms with E-state index in [1.807, 2.05) is 69.4 Å². The van der Waals surface area contributed by atoms with Crippen LogP contribution in [0, 0.1) is 13.8 Å². The van der Waals surface area contributed by atoms with Gasteiger partial charge in [-0.15, -0.1) is 0 Å². The Morgan fingerprint density at radius 2 is 1.78 bits per heavy atom. The maximum atomic E-state index is 13.1. The standard InChI is InChI=1S/C25H21N5O2/c1-15-8-10-17(11-9-15)22-14-27-25(32-22)20-7-5-4-6-19(20)24(31)28-18-12-21-16(2)29-30(3)23(21)26-13-18/h4-14H,1-3H3,(H,28,31). The van der Waals surface area contributed by atoms with Gasteiger partial charge in [-0.1, -0.05) is 42.0 Å². The van der Waals surface area contributed by atoms with Gasteiger partial charge in [0.15, 0.2) is 11.4 Å². The minimum Gasteiger partial charge on any atom is -0.436 e. The van der Waals surface area contributed by atoms with Crippen molar-refractivity contribution < 1.29 is 9.21 Å². The number of pyridine rings is 1. The van der Waals surface area contributed by atoms with Crippen LogP contribution in [0.3, 0.4) is 0 Å². The number of hydrogen-bond donors (Lipinski definition) is 1. The van der Waals surface area contributed by atoms with E-state index in [1.165, 1.54) is 5.56 Å². The molecule has 2 aromatic carbocycles. The van der Waals surface area contributed by atoms with E-state index in [-0.39, 0.29) is 5.91 Å². The summed E-state index contributed by atoms with van der Waals surface area (Å²) in [4.78, 5) is 22.0. The van der Waals surface area contributed by atoms with Crippen molar-refractivity contribution in [2.24, 2.45) is 7.05 Å². The van der Waals surface area contributed by atoms with Crippen molar-refractivity contribution in [2.75, 3.05) is 5.32 Å². The second kappa shape index (κ2) is 7.77. The van der Waals surface area contributed by atoms with Gasteiger partial charge in [-0.2, -0.15) is 5.10 Å². The van der Waals surface area contributed by atoms with Gasteiger partial charge in [-0.25, -0.2) is 9.97 Å². The molecule has 158 valence electrons. The van der Waals surface area contributed by atoms with Crippen molar-refractivity contribution in [1.82, 2.24) is 19.7 Å². The lowest BCUT2D eigenvalue weighted by molar-refractivity contribution is 0.102. The molecule has 0 fully saturated rings. The number of rotatable bonds is 4. The van der Waals surface area contributed by atoms with Crippen molar-refractivity contribution in [3.8, 4) is 22.8 Å². The van der Waals surface area contributed by atoms with Crippen molar-refractivity contribution in [3.63, 3.8) is 0 Å².